The summed E-state index contributed by atoms with van der Waals surface area (Å²) < 4.78 is 63.4. The number of aliphatic imine (C=N–C) groups is 1. The molecule has 0 unspecified atom stereocenters. The van der Waals surface area contributed by atoms with Gasteiger partial charge in [0, 0.05) is 6.26 Å². The molecule has 0 fully saturated rings. The summed E-state index contributed by atoms with van der Waals surface area (Å²) in [6, 6.07) is 15.3. The summed E-state index contributed by atoms with van der Waals surface area (Å²) in [6.45, 7) is 3.96. The standard InChI is InChI=1S/C24H23F3N2O2S2/c1-15(2)19-9-4-5-10-20(19)29-21(13-23(28)24(25,26)27)22-12-17(14-32-22)16-7-6-8-18(11-16)33(3,30)31/h4-15H,28H2,1-3H3/b23-13-,29-21?. The molecule has 2 aromatic carbocycles. The van der Waals surface area contributed by atoms with Gasteiger partial charge in [0.15, 0.2) is 9.84 Å². The van der Waals surface area contributed by atoms with E-state index < -0.39 is 21.7 Å². The van der Waals surface area contributed by atoms with Crippen LogP contribution in [0.1, 0.15) is 30.2 Å². The minimum atomic E-state index is -4.69. The van der Waals surface area contributed by atoms with Crippen molar-refractivity contribution in [3.8, 4) is 11.1 Å². The SMILES string of the molecule is CC(C)c1ccccc1N=C(/C=C(\N)C(F)(F)F)c1cc(-c2cccc(S(C)(=O)=O)c2)cs1. The van der Waals surface area contributed by atoms with Gasteiger partial charge in [-0.3, -0.25) is 0 Å². The van der Waals surface area contributed by atoms with Gasteiger partial charge < -0.3 is 5.73 Å². The lowest BCUT2D eigenvalue weighted by Crippen LogP contribution is -2.20. The van der Waals surface area contributed by atoms with E-state index in [0.717, 1.165) is 17.9 Å². The number of halogens is 3. The summed E-state index contributed by atoms with van der Waals surface area (Å²) in [5.41, 5.74) is 6.90. The van der Waals surface area contributed by atoms with E-state index in [1.807, 2.05) is 26.0 Å². The molecule has 0 aliphatic rings. The largest absolute Gasteiger partial charge is 0.430 e. The lowest BCUT2D eigenvalue weighted by Gasteiger charge is -2.11. The van der Waals surface area contributed by atoms with Gasteiger partial charge in [0.2, 0.25) is 0 Å². The number of hydrogen-bond acceptors (Lipinski definition) is 5. The van der Waals surface area contributed by atoms with Crippen LogP contribution in [0.3, 0.4) is 0 Å². The maximum atomic E-state index is 13.2. The predicted octanol–water partition coefficient (Wildman–Crippen LogP) is 6.47. The van der Waals surface area contributed by atoms with Gasteiger partial charge >= 0.3 is 6.18 Å². The highest BCUT2D eigenvalue weighted by Gasteiger charge is 2.32. The van der Waals surface area contributed by atoms with Crippen LogP contribution in [0.2, 0.25) is 0 Å². The Morgan fingerprint density at radius 1 is 1.06 bits per heavy atom. The number of alkyl halides is 3. The molecular weight excluding hydrogens is 469 g/mol. The zero-order chi connectivity index (χ0) is 24.4. The third-order valence-electron chi connectivity index (χ3n) is 4.87. The van der Waals surface area contributed by atoms with Crippen molar-refractivity contribution in [2.24, 2.45) is 10.7 Å². The number of nitrogens with two attached hydrogens (primary N) is 1. The van der Waals surface area contributed by atoms with Crippen molar-refractivity contribution in [1.82, 2.24) is 0 Å². The molecule has 0 spiro atoms. The molecule has 0 atom stereocenters. The fourth-order valence-corrected chi connectivity index (χ4v) is 4.67. The van der Waals surface area contributed by atoms with Crippen LogP contribution >= 0.6 is 11.3 Å². The molecule has 9 heteroatoms. The van der Waals surface area contributed by atoms with Gasteiger partial charge in [0.25, 0.3) is 0 Å². The molecule has 3 aromatic rings. The van der Waals surface area contributed by atoms with E-state index >= 15 is 0 Å². The number of nitrogens with zero attached hydrogens (tertiary/aromatic N) is 1. The fraction of sp³-hybridized carbons (Fsp3) is 0.208. The Morgan fingerprint density at radius 3 is 2.39 bits per heavy atom. The molecule has 0 bridgehead atoms. The lowest BCUT2D eigenvalue weighted by atomic mass is 10.0. The Kier molecular flexibility index (Phi) is 7.14. The Morgan fingerprint density at radius 2 is 1.76 bits per heavy atom. The molecule has 4 nitrogen and oxygen atoms in total. The van der Waals surface area contributed by atoms with E-state index in [-0.39, 0.29) is 16.5 Å². The first-order valence-electron chi connectivity index (χ1n) is 9.97. The van der Waals surface area contributed by atoms with E-state index in [1.165, 1.54) is 23.5 Å². The summed E-state index contributed by atoms with van der Waals surface area (Å²) >= 11 is 1.20. The average Bonchev–Trinajstić information content (AvgIpc) is 3.22. The Hall–Kier alpha value is -2.91. The van der Waals surface area contributed by atoms with Gasteiger partial charge in [-0.25, -0.2) is 13.4 Å². The minimum absolute atomic E-state index is 0.0773. The number of benzene rings is 2. The molecule has 174 valence electrons. The average molecular weight is 493 g/mol. The number of hydrogen-bond donors (Lipinski definition) is 1. The van der Waals surface area contributed by atoms with Crippen LogP contribution in [0.4, 0.5) is 18.9 Å². The van der Waals surface area contributed by atoms with Gasteiger partial charge in [-0.2, -0.15) is 13.2 Å². The van der Waals surface area contributed by atoms with Gasteiger partial charge in [-0.1, -0.05) is 44.2 Å². The molecule has 0 saturated heterocycles. The number of thiophene rings is 1. The first-order valence-corrected chi connectivity index (χ1v) is 12.7. The monoisotopic (exact) mass is 492 g/mol. The topological polar surface area (TPSA) is 72.5 Å². The summed E-state index contributed by atoms with van der Waals surface area (Å²) in [5.74, 6) is 0.118. The smallest absolute Gasteiger partial charge is 0.395 e. The quantitative estimate of drug-likeness (QED) is 0.401. The highest BCUT2D eigenvalue weighted by atomic mass is 32.2. The van der Waals surface area contributed by atoms with Crippen LogP contribution in [0.15, 0.2) is 81.6 Å². The van der Waals surface area contributed by atoms with Crippen LogP contribution in [0, 0.1) is 0 Å². The summed E-state index contributed by atoms with van der Waals surface area (Å²) in [5, 5.41) is 1.75. The van der Waals surface area contributed by atoms with Gasteiger partial charge in [0.05, 0.1) is 21.2 Å². The summed E-state index contributed by atoms with van der Waals surface area (Å²) in [7, 11) is -3.40. The fourth-order valence-electron chi connectivity index (χ4n) is 3.12. The minimum Gasteiger partial charge on any atom is -0.395 e. The second-order valence-corrected chi connectivity index (χ2v) is 10.7. The first kappa shape index (κ1) is 24.7. The van der Waals surface area contributed by atoms with E-state index in [9.17, 15) is 21.6 Å². The molecule has 0 aliphatic carbocycles. The molecule has 33 heavy (non-hydrogen) atoms. The molecule has 1 heterocycles. The van der Waals surface area contributed by atoms with Crippen LogP contribution in [-0.2, 0) is 9.84 Å². The maximum absolute atomic E-state index is 13.2. The van der Waals surface area contributed by atoms with Crippen molar-refractivity contribution >= 4 is 32.6 Å². The number of rotatable bonds is 6. The second kappa shape index (κ2) is 9.52. The summed E-state index contributed by atoms with van der Waals surface area (Å²) in [6.07, 6.45) is -2.74. The Labute approximate surface area is 195 Å². The van der Waals surface area contributed by atoms with Crippen molar-refractivity contribution < 1.29 is 21.6 Å². The van der Waals surface area contributed by atoms with E-state index in [0.29, 0.717) is 21.7 Å². The van der Waals surface area contributed by atoms with Crippen molar-refractivity contribution in [2.45, 2.75) is 30.8 Å². The number of para-hydroxylation sites is 1. The second-order valence-electron chi connectivity index (χ2n) is 7.81. The highest BCUT2D eigenvalue weighted by Crippen LogP contribution is 2.32. The van der Waals surface area contributed by atoms with Crippen molar-refractivity contribution in [1.29, 1.82) is 0 Å². The predicted molar refractivity (Wildman–Crippen MR) is 128 cm³/mol. The van der Waals surface area contributed by atoms with Gasteiger partial charge in [-0.05, 0) is 58.3 Å². The molecular formula is C24H23F3N2O2S2. The number of allylic oxidation sites excluding steroid dienone is 2. The molecule has 0 saturated carbocycles. The maximum Gasteiger partial charge on any atom is 0.430 e. The third-order valence-corrected chi connectivity index (χ3v) is 6.93. The van der Waals surface area contributed by atoms with E-state index in [2.05, 4.69) is 4.99 Å². The Bertz CT molecular complexity index is 1320. The van der Waals surface area contributed by atoms with Crippen LogP contribution < -0.4 is 5.73 Å². The highest BCUT2D eigenvalue weighted by molar-refractivity contribution is 7.90. The molecule has 0 aliphatic heterocycles. The summed E-state index contributed by atoms with van der Waals surface area (Å²) in [4.78, 5) is 5.18. The van der Waals surface area contributed by atoms with Crippen LogP contribution in [-0.4, -0.2) is 26.6 Å². The van der Waals surface area contributed by atoms with E-state index in [1.54, 1.807) is 35.7 Å². The Balaban J connectivity index is 2.14. The van der Waals surface area contributed by atoms with Gasteiger partial charge in [-0.15, -0.1) is 11.3 Å². The normalized spacial score (nSPS) is 13.5. The van der Waals surface area contributed by atoms with Crippen LogP contribution in [0.5, 0.6) is 0 Å². The molecule has 2 N–H and O–H groups in total. The van der Waals surface area contributed by atoms with Crippen molar-refractivity contribution in [2.75, 3.05) is 6.26 Å². The van der Waals surface area contributed by atoms with Crippen molar-refractivity contribution in [3.05, 3.63) is 82.2 Å². The zero-order valence-corrected chi connectivity index (χ0v) is 19.9. The lowest BCUT2D eigenvalue weighted by molar-refractivity contribution is -0.0925. The van der Waals surface area contributed by atoms with Crippen LogP contribution in [0.25, 0.3) is 11.1 Å². The molecule has 0 radical (unpaired) electrons. The van der Waals surface area contributed by atoms with Crippen molar-refractivity contribution in [3.63, 3.8) is 0 Å². The zero-order valence-electron chi connectivity index (χ0n) is 18.2. The van der Waals surface area contributed by atoms with E-state index in [4.69, 9.17) is 5.73 Å². The number of sulfone groups is 1. The molecule has 3 rings (SSSR count). The van der Waals surface area contributed by atoms with Gasteiger partial charge in [0.1, 0.15) is 5.70 Å². The molecule has 0 amide bonds. The third kappa shape index (κ3) is 6.11. The first-order chi connectivity index (χ1) is 15.4. The molecule has 1 aromatic heterocycles.